The summed E-state index contributed by atoms with van der Waals surface area (Å²) in [6, 6.07) is 5.70. The second kappa shape index (κ2) is 7.69. The van der Waals surface area contributed by atoms with Gasteiger partial charge in [0, 0.05) is 24.3 Å². The van der Waals surface area contributed by atoms with E-state index in [0.29, 0.717) is 23.3 Å². The van der Waals surface area contributed by atoms with Crippen molar-refractivity contribution in [2.45, 2.75) is 0 Å². The van der Waals surface area contributed by atoms with Crippen LogP contribution in [0, 0.1) is 5.82 Å². The Hall–Kier alpha value is -2.03. The Morgan fingerprint density at radius 2 is 2.23 bits per heavy atom. The van der Waals surface area contributed by atoms with Crippen LogP contribution in [0.5, 0.6) is 0 Å². The molecule has 1 aliphatic heterocycles. The minimum absolute atomic E-state index is 0.00274. The predicted molar refractivity (Wildman–Crippen MR) is 99.3 cm³/mol. The number of rotatable bonds is 3. The van der Waals surface area contributed by atoms with E-state index < -0.39 is 11.7 Å². The lowest BCUT2D eigenvalue weighted by Crippen LogP contribution is -2.43. The van der Waals surface area contributed by atoms with Gasteiger partial charge in [0.2, 0.25) is 0 Å². The van der Waals surface area contributed by atoms with E-state index >= 15 is 0 Å². The van der Waals surface area contributed by atoms with Crippen molar-refractivity contribution in [3.05, 3.63) is 51.3 Å². The van der Waals surface area contributed by atoms with E-state index in [9.17, 15) is 14.0 Å². The molecule has 2 aromatic rings. The summed E-state index contributed by atoms with van der Waals surface area (Å²) < 4.78 is 19.9. The monoisotopic (exact) mass is 441 g/mol. The summed E-state index contributed by atoms with van der Waals surface area (Å²) in [5.74, 6) is -1.42. The van der Waals surface area contributed by atoms with E-state index in [-0.39, 0.29) is 28.9 Å². The first kappa shape index (κ1) is 18.8. The molecule has 6 nitrogen and oxygen atoms in total. The maximum Gasteiger partial charge on any atom is 0.263 e. The summed E-state index contributed by atoms with van der Waals surface area (Å²) in [5.41, 5.74) is 0.177. The predicted octanol–water partition coefficient (Wildman–Crippen LogP) is 3.28. The number of amides is 2. The molecule has 1 saturated heterocycles. The van der Waals surface area contributed by atoms with E-state index in [1.165, 1.54) is 35.2 Å². The van der Waals surface area contributed by atoms with Gasteiger partial charge in [-0.25, -0.2) is 9.37 Å². The number of benzene rings is 1. The van der Waals surface area contributed by atoms with Crippen molar-refractivity contribution < 1.29 is 18.7 Å². The molecule has 3 rings (SSSR count). The molecule has 2 heterocycles. The van der Waals surface area contributed by atoms with Gasteiger partial charge in [0.05, 0.1) is 22.9 Å². The first-order chi connectivity index (χ1) is 12.4. The molecule has 1 aliphatic rings. The average molecular weight is 443 g/mol. The third kappa shape index (κ3) is 3.58. The lowest BCUT2D eigenvalue weighted by molar-refractivity contribution is -0.125. The highest BCUT2D eigenvalue weighted by molar-refractivity contribution is 9.10. The van der Waals surface area contributed by atoms with E-state index in [4.69, 9.17) is 16.3 Å². The third-order valence-corrected chi connectivity index (χ3v) is 4.64. The molecular formula is C17H14BrClFN3O3. The molecule has 0 spiro atoms. The van der Waals surface area contributed by atoms with Gasteiger partial charge in [-0.15, -0.1) is 0 Å². The van der Waals surface area contributed by atoms with Gasteiger partial charge in [-0.05, 0) is 34.1 Å². The lowest BCUT2D eigenvalue weighted by atomic mass is 10.1. The number of morpholine rings is 1. The van der Waals surface area contributed by atoms with Gasteiger partial charge in [0.1, 0.15) is 12.4 Å². The SMILES string of the molecule is CN(C(=O)c1c(F)cccc1Cl)c1ncc(Br)cc1N1CCOCC1=O. The largest absolute Gasteiger partial charge is 0.370 e. The molecular weight excluding hydrogens is 429 g/mol. The fraction of sp³-hybridized carbons (Fsp3) is 0.235. The summed E-state index contributed by atoms with van der Waals surface area (Å²) in [6.45, 7) is 0.643. The molecule has 136 valence electrons. The number of hydrogen-bond acceptors (Lipinski definition) is 4. The summed E-state index contributed by atoms with van der Waals surface area (Å²) in [6.07, 6.45) is 1.50. The Kier molecular flexibility index (Phi) is 5.55. The number of carbonyl (C=O) groups is 2. The molecule has 0 atom stereocenters. The highest BCUT2D eigenvalue weighted by atomic mass is 79.9. The van der Waals surface area contributed by atoms with E-state index in [1.807, 2.05) is 0 Å². The number of anilines is 2. The fourth-order valence-electron chi connectivity index (χ4n) is 2.62. The first-order valence-electron chi connectivity index (χ1n) is 7.66. The zero-order chi connectivity index (χ0) is 18.8. The minimum Gasteiger partial charge on any atom is -0.370 e. The molecule has 0 N–H and O–H groups in total. The van der Waals surface area contributed by atoms with Crippen LogP contribution in [0.25, 0.3) is 0 Å². The van der Waals surface area contributed by atoms with Gasteiger partial charge >= 0.3 is 0 Å². The zero-order valence-corrected chi connectivity index (χ0v) is 16.1. The van der Waals surface area contributed by atoms with Gasteiger partial charge in [0.25, 0.3) is 11.8 Å². The van der Waals surface area contributed by atoms with Crippen LogP contribution in [-0.4, -0.2) is 43.6 Å². The zero-order valence-electron chi connectivity index (χ0n) is 13.7. The standard InChI is InChI=1S/C17H14BrClFN3O3/c1-22(17(25)15-11(19)3-2-4-12(15)20)16-13(7-10(18)8-21-16)23-5-6-26-9-14(23)24/h2-4,7-8H,5-6,9H2,1H3. The van der Waals surface area contributed by atoms with Crippen LogP contribution in [0.2, 0.25) is 5.02 Å². The third-order valence-electron chi connectivity index (χ3n) is 3.89. The van der Waals surface area contributed by atoms with Crippen molar-refractivity contribution in [2.24, 2.45) is 0 Å². The van der Waals surface area contributed by atoms with Crippen molar-refractivity contribution in [3.63, 3.8) is 0 Å². The van der Waals surface area contributed by atoms with Gasteiger partial charge in [-0.1, -0.05) is 17.7 Å². The van der Waals surface area contributed by atoms with Crippen LogP contribution < -0.4 is 9.80 Å². The second-order valence-electron chi connectivity index (χ2n) is 5.56. The number of nitrogens with zero attached hydrogens (tertiary/aromatic N) is 3. The molecule has 26 heavy (non-hydrogen) atoms. The molecule has 1 aromatic carbocycles. The number of ether oxygens (including phenoxy) is 1. The van der Waals surface area contributed by atoms with Crippen molar-refractivity contribution in [1.82, 2.24) is 4.98 Å². The number of pyridine rings is 1. The number of halogens is 3. The molecule has 0 aliphatic carbocycles. The average Bonchev–Trinajstić information content (AvgIpc) is 2.61. The van der Waals surface area contributed by atoms with Crippen molar-refractivity contribution in [2.75, 3.05) is 36.6 Å². The Morgan fingerprint density at radius 1 is 1.46 bits per heavy atom. The van der Waals surface area contributed by atoms with Crippen LogP contribution in [0.3, 0.4) is 0 Å². The molecule has 1 aromatic heterocycles. The van der Waals surface area contributed by atoms with Crippen LogP contribution in [0.1, 0.15) is 10.4 Å². The van der Waals surface area contributed by atoms with Crippen molar-refractivity contribution >= 4 is 50.9 Å². The van der Waals surface area contributed by atoms with Crippen molar-refractivity contribution in [1.29, 1.82) is 0 Å². The smallest absolute Gasteiger partial charge is 0.263 e. The van der Waals surface area contributed by atoms with Crippen LogP contribution in [0.15, 0.2) is 34.9 Å². The van der Waals surface area contributed by atoms with Crippen molar-refractivity contribution in [3.8, 4) is 0 Å². The summed E-state index contributed by atoms with van der Waals surface area (Å²) in [4.78, 5) is 31.9. The first-order valence-corrected chi connectivity index (χ1v) is 8.83. The van der Waals surface area contributed by atoms with Gasteiger partial charge in [-0.2, -0.15) is 0 Å². The van der Waals surface area contributed by atoms with Crippen LogP contribution in [-0.2, 0) is 9.53 Å². The highest BCUT2D eigenvalue weighted by Gasteiger charge is 2.28. The summed E-state index contributed by atoms with van der Waals surface area (Å²) >= 11 is 9.32. The molecule has 9 heteroatoms. The molecule has 2 amide bonds. The van der Waals surface area contributed by atoms with Crippen LogP contribution >= 0.6 is 27.5 Å². The number of aromatic nitrogens is 1. The van der Waals surface area contributed by atoms with E-state index in [2.05, 4.69) is 20.9 Å². The maximum absolute atomic E-state index is 14.1. The molecule has 0 saturated carbocycles. The topological polar surface area (TPSA) is 62.7 Å². The highest BCUT2D eigenvalue weighted by Crippen LogP contribution is 2.32. The second-order valence-corrected chi connectivity index (χ2v) is 6.88. The normalized spacial score (nSPS) is 14.5. The molecule has 0 unspecified atom stereocenters. The van der Waals surface area contributed by atoms with Gasteiger partial charge in [-0.3, -0.25) is 14.5 Å². The summed E-state index contributed by atoms with van der Waals surface area (Å²) in [7, 11) is 1.45. The fourth-order valence-corrected chi connectivity index (χ4v) is 3.18. The van der Waals surface area contributed by atoms with E-state index in [0.717, 1.165) is 6.07 Å². The lowest BCUT2D eigenvalue weighted by Gasteiger charge is -2.30. The Balaban J connectivity index is 2.03. The number of hydrogen-bond donors (Lipinski definition) is 0. The van der Waals surface area contributed by atoms with Gasteiger partial charge < -0.3 is 9.64 Å². The molecule has 0 radical (unpaired) electrons. The molecule has 0 bridgehead atoms. The van der Waals surface area contributed by atoms with Crippen LogP contribution in [0.4, 0.5) is 15.9 Å². The Labute approximate surface area is 162 Å². The Bertz CT molecular complexity index is 860. The molecule has 1 fully saturated rings. The van der Waals surface area contributed by atoms with E-state index in [1.54, 1.807) is 6.07 Å². The number of carbonyl (C=O) groups excluding carboxylic acids is 2. The minimum atomic E-state index is -0.726. The maximum atomic E-state index is 14.1. The quantitative estimate of drug-likeness (QED) is 0.732. The van der Waals surface area contributed by atoms with Gasteiger partial charge in [0.15, 0.2) is 5.82 Å². The summed E-state index contributed by atoms with van der Waals surface area (Å²) in [5, 5.41) is 0.00274. The Morgan fingerprint density at radius 3 is 2.92 bits per heavy atom.